The molecule has 0 rings (SSSR count). The van der Waals surface area contributed by atoms with Crippen LogP contribution >= 0.6 is 0 Å². The lowest BCUT2D eigenvalue weighted by atomic mass is 10.2. The second-order valence-electron chi connectivity index (χ2n) is 3.49. The van der Waals surface area contributed by atoms with Gasteiger partial charge in [-0.25, -0.2) is 9.59 Å². The highest BCUT2D eigenvalue weighted by atomic mass is 17.2. The maximum atomic E-state index is 11.1. The van der Waals surface area contributed by atoms with Crippen LogP contribution in [-0.4, -0.2) is 36.4 Å². The molecule has 0 aliphatic rings. The van der Waals surface area contributed by atoms with Crippen LogP contribution in [-0.2, 0) is 24.1 Å². The van der Waals surface area contributed by atoms with E-state index in [1.807, 2.05) is 6.92 Å². The van der Waals surface area contributed by atoms with Crippen LogP contribution in [0.2, 0.25) is 0 Å². The molecule has 0 saturated carbocycles. The van der Waals surface area contributed by atoms with Crippen molar-refractivity contribution < 1.29 is 29.2 Å². The van der Waals surface area contributed by atoms with E-state index in [1.54, 1.807) is 13.8 Å². The Morgan fingerprint density at radius 1 is 1.21 bits per heavy atom. The Hall–Kier alpha value is -1.66. The van der Waals surface area contributed by atoms with Crippen LogP contribution in [0.4, 0.5) is 0 Å². The highest BCUT2D eigenvalue weighted by Gasteiger charge is 2.16. The SMILES string of the molecule is C=C(C(=O)OOCC)C(C)OCC.C=C(C)C(=O)O. The molecular weight excluding hydrogens is 252 g/mol. The minimum atomic E-state index is -0.935. The Balaban J connectivity index is 0. The molecule has 0 spiro atoms. The normalized spacial score (nSPS) is 10.7. The van der Waals surface area contributed by atoms with Crippen molar-refractivity contribution in [2.24, 2.45) is 0 Å². The number of carboxylic acid groups (broad SMARTS) is 1. The standard InChI is InChI=1S/C9H16O4.C4H6O2/c1-5-11-8(4)7(3)9(10)13-12-6-2;1-3(2)4(5)6/h8H,3,5-6H2,1-2,4H3;1H2,2H3,(H,5,6). The Labute approximate surface area is 113 Å². The van der Waals surface area contributed by atoms with E-state index in [1.165, 1.54) is 6.92 Å². The first-order valence-corrected chi connectivity index (χ1v) is 5.80. The van der Waals surface area contributed by atoms with Crippen LogP contribution in [0.5, 0.6) is 0 Å². The number of carbonyl (C=O) groups is 2. The van der Waals surface area contributed by atoms with E-state index in [2.05, 4.69) is 22.9 Å². The Kier molecular flexibility index (Phi) is 11.8. The molecule has 1 unspecified atom stereocenters. The molecule has 0 aliphatic carbocycles. The molecule has 0 aromatic heterocycles. The van der Waals surface area contributed by atoms with Crippen molar-refractivity contribution in [3.05, 3.63) is 24.3 Å². The molecule has 0 aromatic carbocycles. The first-order valence-electron chi connectivity index (χ1n) is 5.80. The summed E-state index contributed by atoms with van der Waals surface area (Å²) in [5.74, 6) is -1.52. The van der Waals surface area contributed by atoms with Crippen LogP contribution in [0.3, 0.4) is 0 Å². The molecule has 19 heavy (non-hydrogen) atoms. The summed E-state index contributed by atoms with van der Waals surface area (Å²) in [4.78, 5) is 29.6. The van der Waals surface area contributed by atoms with Gasteiger partial charge in [-0.3, -0.25) is 4.89 Å². The van der Waals surface area contributed by atoms with Gasteiger partial charge < -0.3 is 9.84 Å². The molecule has 0 saturated heterocycles. The predicted octanol–water partition coefficient (Wildman–Crippen LogP) is 2.11. The number of carboxylic acids is 1. The van der Waals surface area contributed by atoms with Gasteiger partial charge in [0, 0.05) is 12.2 Å². The van der Waals surface area contributed by atoms with Gasteiger partial charge in [0.25, 0.3) is 0 Å². The Morgan fingerprint density at radius 2 is 1.68 bits per heavy atom. The van der Waals surface area contributed by atoms with Gasteiger partial charge in [-0.15, -0.1) is 0 Å². The Bertz CT molecular complexity index is 309. The monoisotopic (exact) mass is 274 g/mol. The third kappa shape index (κ3) is 11.2. The lowest BCUT2D eigenvalue weighted by Crippen LogP contribution is -2.19. The number of aliphatic carboxylic acids is 1. The molecule has 0 aromatic rings. The van der Waals surface area contributed by atoms with Crippen LogP contribution in [0.1, 0.15) is 27.7 Å². The smallest absolute Gasteiger partial charge is 0.371 e. The summed E-state index contributed by atoms with van der Waals surface area (Å²) < 4.78 is 5.15. The number of hydrogen-bond donors (Lipinski definition) is 1. The fourth-order valence-corrected chi connectivity index (χ4v) is 0.683. The molecule has 6 heteroatoms. The second kappa shape index (κ2) is 11.4. The van der Waals surface area contributed by atoms with Gasteiger partial charge in [-0.2, -0.15) is 4.89 Å². The molecule has 1 atom stereocenters. The van der Waals surface area contributed by atoms with Gasteiger partial charge in [0.2, 0.25) is 0 Å². The molecular formula is C13H22O6. The molecule has 0 fully saturated rings. The summed E-state index contributed by atoms with van der Waals surface area (Å²) in [6, 6.07) is 0. The minimum absolute atomic E-state index is 0.176. The van der Waals surface area contributed by atoms with Gasteiger partial charge >= 0.3 is 11.9 Å². The fraction of sp³-hybridized carbons (Fsp3) is 0.538. The molecule has 0 radical (unpaired) electrons. The van der Waals surface area contributed by atoms with Crippen LogP contribution in [0, 0.1) is 0 Å². The van der Waals surface area contributed by atoms with Crippen molar-refractivity contribution in [1.82, 2.24) is 0 Å². The van der Waals surface area contributed by atoms with E-state index in [0.717, 1.165) is 0 Å². The summed E-state index contributed by atoms with van der Waals surface area (Å²) in [5.41, 5.74) is 0.435. The van der Waals surface area contributed by atoms with E-state index in [9.17, 15) is 9.59 Å². The highest BCUT2D eigenvalue weighted by Crippen LogP contribution is 2.06. The van der Waals surface area contributed by atoms with Crippen molar-refractivity contribution >= 4 is 11.9 Å². The zero-order chi connectivity index (χ0) is 15.4. The summed E-state index contributed by atoms with van der Waals surface area (Å²) in [5, 5.41) is 7.89. The molecule has 1 N–H and O–H groups in total. The van der Waals surface area contributed by atoms with E-state index < -0.39 is 11.9 Å². The summed E-state index contributed by atoms with van der Waals surface area (Å²) in [7, 11) is 0. The van der Waals surface area contributed by atoms with E-state index in [0.29, 0.717) is 13.2 Å². The predicted molar refractivity (Wildman–Crippen MR) is 70.4 cm³/mol. The fourth-order valence-electron chi connectivity index (χ4n) is 0.683. The van der Waals surface area contributed by atoms with Crippen molar-refractivity contribution in [2.75, 3.05) is 13.2 Å². The first-order chi connectivity index (χ1) is 8.77. The van der Waals surface area contributed by atoms with Gasteiger partial charge in [0.1, 0.15) is 0 Å². The molecule has 0 heterocycles. The first kappa shape index (κ1) is 19.7. The number of hydrogen-bond acceptors (Lipinski definition) is 5. The summed E-state index contributed by atoms with van der Waals surface area (Å²) >= 11 is 0. The maximum absolute atomic E-state index is 11.1. The van der Waals surface area contributed by atoms with Gasteiger partial charge in [0.15, 0.2) is 0 Å². The van der Waals surface area contributed by atoms with Crippen LogP contribution in [0.15, 0.2) is 24.3 Å². The largest absolute Gasteiger partial charge is 0.478 e. The third-order valence-corrected chi connectivity index (χ3v) is 1.79. The van der Waals surface area contributed by atoms with Gasteiger partial charge in [-0.05, 0) is 27.7 Å². The molecule has 0 bridgehead atoms. The van der Waals surface area contributed by atoms with Crippen molar-refractivity contribution in [3.8, 4) is 0 Å². The molecule has 0 aliphatic heterocycles. The average molecular weight is 274 g/mol. The topological polar surface area (TPSA) is 82.1 Å². The number of ether oxygens (including phenoxy) is 1. The highest BCUT2D eigenvalue weighted by molar-refractivity contribution is 5.88. The van der Waals surface area contributed by atoms with Crippen molar-refractivity contribution in [2.45, 2.75) is 33.8 Å². The van der Waals surface area contributed by atoms with Crippen molar-refractivity contribution in [3.63, 3.8) is 0 Å². The molecule has 6 nitrogen and oxygen atoms in total. The quantitative estimate of drug-likeness (QED) is 0.435. The zero-order valence-corrected chi connectivity index (χ0v) is 11.9. The summed E-state index contributed by atoms with van der Waals surface area (Å²) in [6.45, 7) is 14.3. The van der Waals surface area contributed by atoms with Crippen LogP contribution in [0.25, 0.3) is 0 Å². The molecule has 110 valence electrons. The lowest BCUT2D eigenvalue weighted by Gasteiger charge is -2.12. The Morgan fingerprint density at radius 3 is 2.00 bits per heavy atom. The van der Waals surface area contributed by atoms with Gasteiger partial charge in [0.05, 0.1) is 18.3 Å². The zero-order valence-electron chi connectivity index (χ0n) is 11.9. The number of carbonyl (C=O) groups excluding carboxylic acids is 1. The molecule has 0 amide bonds. The van der Waals surface area contributed by atoms with Crippen molar-refractivity contribution in [1.29, 1.82) is 0 Å². The van der Waals surface area contributed by atoms with E-state index in [-0.39, 0.29) is 17.3 Å². The minimum Gasteiger partial charge on any atom is -0.478 e. The maximum Gasteiger partial charge on any atom is 0.371 e. The lowest BCUT2D eigenvalue weighted by molar-refractivity contribution is -0.266. The summed E-state index contributed by atoms with van der Waals surface area (Å²) in [6.07, 6.45) is -0.335. The number of rotatable bonds is 7. The van der Waals surface area contributed by atoms with E-state index in [4.69, 9.17) is 9.84 Å². The van der Waals surface area contributed by atoms with Gasteiger partial charge in [-0.1, -0.05) is 13.2 Å². The van der Waals surface area contributed by atoms with Crippen LogP contribution < -0.4 is 0 Å². The third-order valence-electron chi connectivity index (χ3n) is 1.79. The average Bonchev–Trinajstić information content (AvgIpc) is 2.35. The second-order valence-corrected chi connectivity index (χ2v) is 3.49. The van der Waals surface area contributed by atoms with E-state index >= 15 is 0 Å².